The van der Waals surface area contributed by atoms with Gasteiger partial charge in [-0.15, -0.1) is 0 Å². The minimum atomic E-state index is -4.13. The quantitative estimate of drug-likeness (QED) is 0.297. The van der Waals surface area contributed by atoms with Crippen LogP contribution in [0.1, 0.15) is 0 Å². The lowest BCUT2D eigenvalue weighted by molar-refractivity contribution is 0.466. The van der Waals surface area contributed by atoms with Gasteiger partial charge in [0.05, 0.1) is 11.4 Å². The Hall–Kier alpha value is -3.61. The van der Waals surface area contributed by atoms with Crippen LogP contribution >= 0.6 is 11.6 Å². The maximum absolute atomic E-state index is 13.3. The lowest BCUT2D eigenvalue weighted by atomic mass is 10.1. The second-order valence-corrected chi connectivity index (χ2v) is 9.09. The van der Waals surface area contributed by atoms with E-state index in [1.54, 1.807) is 54.6 Å². The van der Waals surface area contributed by atoms with Crippen molar-refractivity contribution in [2.24, 2.45) is 0 Å². The number of fused-ring (bicyclic) bond motifs is 1. The summed E-state index contributed by atoms with van der Waals surface area (Å²) in [5.74, 6) is 0.0825. The predicted molar refractivity (Wildman–Crippen MR) is 126 cm³/mol. The molecule has 1 heterocycles. The highest BCUT2D eigenvalue weighted by atomic mass is 35.5. The van der Waals surface area contributed by atoms with Crippen LogP contribution in [0.4, 0.5) is 0 Å². The topological polar surface area (TPSA) is 61.2 Å². The average molecular weight is 461 g/mol. The average Bonchev–Trinajstić information content (AvgIpc) is 3.23. The van der Waals surface area contributed by atoms with Crippen LogP contribution in [-0.4, -0.2) is 18.2 Å². The largest absolute Gasteiger partial charge is 0.358 e. The Kier molecular flexibility index (Phi) is 5.17. The van der Waals surface area contributed by atoms with Crippen LogP contribution in [0.5, 0.6) is 5.88 Å². The van der Waals surface area contributed by atoms with Crippen LogP contribution < -0.4 is 4.18 Å². The molecule has 0 saturated carbocycles. The third kappa shape index (κ3) is 3.86. The van der Waals surface area contributed by atoms with Crippen LogP contribution in [0.2, 0.25) is 5.02 Å². The minimum absolute atomic E-state index is 0.0825. The number of halogens is 1. The smallest absolute Gasteiger partial charge is 0.341 e. The lowest BCUT2D eigenvalue weighted by Gasteiger charge is -2.11. The van der Waals surface area contributed by atoms with E-state index in [2.05, 4.69) is 5.10 Å². The Labute approximate surface area is 190 Å². The molecule has 7 heteroatoms. The molecule has 4 aromatic carbocycles. The van der Waals surface area contributed by atoms with Crippen molar-refractivity contribution in [2.45, 2.75) is 4.90 Å². The first-order valence-electron chi connectivity index (χ1n) is 9.85. The molecule has 158 valence electrons. The zero-order chi connectivity index (χ0) is 22.1. The van der Waals surface area contributed by atoms with Crippen molar-refractivity contribution in [2.75, 3.05) is 0 Å². The normalized spacial score (nSPS) is 11.5. The molecule has 5 nitrogen and oxygen atoms in total. The maximum Gasteiger partial charge on any atom is 0.341 e. The van der Waals surface area contributed by atoms with Gasteiger partial charge in [0.2, 0.25) is 5.88 Å². The molecule has 0 aliphatic rings. The molecular formula is C25H17ClN2O3S. The monoisotopic (exact) mass is 460 g/mol. The molecule has 0 saturated heterocycles. The number of rotatable bonds is 5. The number of benzene rings is 4. The minimum Gasteiger partial charge on any atom is -0.358 e. The van der Waals surface area contributed by atoms with Gasteiger partial charge in [0.1, 0.15) is 4.90 Å². The van der Waals surface area contributed by atoms with Gasteiger partial charge < -0.3 is 4.18 Å². The second-order valence-electron chi connectivity index (χ2n) is 7.14. The van der Waals surface area contributed by atoms with E-state index in [0.29, 0.717) is 21.8 Å². The Morgan fingerprint density at radius 3 is 2.25 bits per heavy atom. The molecule has 0 spiro atoms. The maximum atomic E-state index is 13.3. The van der Waals surface area contributed by atoms with E-state index in [0.717, 1.165) is 10.9 Å². The van der Waals surface area contributed by atoms with E-state index in [1.165, 1.54) is 4.68 Å². The molecule has 0 bridgehead atoms. The molecule has 0 aliphatic heterocycles. The van der Waals surface area contributed by atoms with Crippen LogP contribution in [0.25, 0.3) is 27.7 Å². The zero-order valence-electron chi connectivity index (χ0n) is 16.7. The van der Waals surface area contributed by atoms with Crippen molar-refractivity contribution >= 4 is 32.5 Å². The molecule has 5 rings (SSSR count). The SMILES string of the molecule is O=S(=O)(Oc1cc(-c2ccccc2)nn1-c1ccc(Cl)cc1)c1cccc2ccccc12. The second kappa shape index (κ2) is 8.15. The third-order valence-electron chi connectivity index (χ3n) is 5.03. The fourth-order valence-corrected chi connectivity index (χ4v) is 4.77. The molecule has 0 unspecified atom stereocenters. The number of nitrogens with zero attached hydrogens (tertiary/aromatic N) is 2. The number of hydrogen-bond acceptors (Lipinski definition) is 4. The van der Waals surface area contributed by atoms with Crippen LogP contribution in [0, 0.1) is 0 Å². The Morgan fingerprint density at radius 1 is 0.781 bits per heavy atom. The van der Waals surface area contributed by atoms with E-state index in [1.807, 2.05) is 48.5 Å². The first-order chi connectivity index (χ1) is 15.5. The summed E-state index contributed by atoms with van der Waals surface area (Å²) in [4.78, 5) is 0.0979. The molecule has 0 fully saturated rings. The van der Waals surface area contributed by atoms with E-state index >= 15 is 0 Å². The predicted octanol–water partition coefficient (Wildman–Crippen LogP) is 6.11. The molecule has 0 atom stereocenters. The zero-order valence-corrected chi connectivity index (χ0v) is 18.3. The summed E-state index contributed by atoms with van der Waals surface area (Å²) in [5.41, 5.74) is 2.05. The standard InChI is InChI=1S/C25H17ClN2O3S/c26-20-13-15-21(16-14-20)28-25(17-23(27-28)19-8-2-1-3-9-19)31-32(29,30)24-12-6-10-18-7-4-5-11-22(18)24/h1-17H. The Balaban J connectivity index is 1.63. The molecular weight excluding hydrogens is 444 g/mol. The summed E-state index contributed by atoms with van der Waals surface area (Å²) < 4.78 is 33.7. The molecule has 32 heavy (non-hydrogen) atoms. The van der Waals surface area contributed by atoms with Gasteiger partial charge in [-0.25, -0.2) is 0 Å². The van der Waals surface area contributed by atoms with Gasteiger partial charge in [0, 0.05) is 22.0 Å². The summed E-state index contributed by atoms with van der Waals surface area (Å²) in [7, 11) is -4.13. The van der Waals surface area contributed by atoms with Crippen molar-refractivity contribution in [1.82, 2.24) is 9.78 Å². The van der Waals surface area contributed by atoms with Crippen molar-refractivity contribution in [3.05, 3.63) is 108 Å². The highest BCUT2D eigenvalue weighted by Gasteiger charge is 2.23. The van der Waals surface area contributed by atoms with Gasteiger partial charge in [0.15, 0.2) is 0 Å². The summed E-state index contributed by atoms with van der Waals surface area (Å²) in [5, 5.41) is 6.58. The van der Waals surface area contributed by atoms with Crippen molar-refractivity contribution < 1.29 is 12.6 Å². The summed E-state index contributed by atoms with van der Waals surface area (Å²) in [6.07, 6.45) is 0. The van der Waals surface area contributed by atoms with Crippen molar-refractivity contribution in [3.8, 4) is 22.8 Å². The first-order valence-corrected chi connectivity index (χ1v) is 11.6. The van der Waals surface area contributed by atoms with Crippen molar-refractivity contribution in [1.29, 1.82) is 0 Å². The van der Waals surface area contributed by atoms with Crippen molar-refractivity contribution in [3.63, 3.8) is 0 Å². The van der Waals surface area contributed by atoms with E-state index in [-0.39, 0.29) is 10.8 Å². The molecule has 0 N–H and O–H groups in total. The highest BCUT2D eigenvalue weighted by Crippen LogP contribution is 2.31. The number of hydrogen-bond donors (Lipinski definition) is 0. The molecule has 0 radical (unpaired) electrons. The molecule has 0 aliphatic carbocycles. The summed E-state index contributed by atoms with van der Waals surface area (Å²) >= 11 is 6.03. The van der Waals surface area contributed by atoms with E-state index < -0.39 is 10.1 Å². The third-order valence-corrected chi connectivity index (χ3v) is 6.57. The van der Waals surface area contributed by atoms with E-state index in [4.69, 9.17) is 15.8 Å². The molecule has 1 aromatic heterocycles. The van der Waals surface area contributed by atoms with Gasteiger partial charge in [-0.3, -0.25) is 0 Å². The lowest BCUT2D eigenvalue weighted by Crippen LogP contribution is -2.13. The Morgan fingerprint density at radius 2 is 1.47 bits per heavy atom. The van der Waals surface area contributed by atoms with Gasteiger partial charge in [-0.1, -0.05) is 78.3 Å². The summed E-state index contributed by atoms with van der Waals surface area (Å²) in [6.45, 7) is 0. The fraction of sp³-hybridized carbons (Fsp3) is 0. The highest BCUT2D eigenvalue weighted by molar-refractivity contribution is 7.87. The molecule has 0 amide bonds. The van der Waals surface area contributed by atoms with Crippen LogP contribution in [0.3, 0.4) is 0 Å². The van der Waals surface area contributed by atoms with Gasteiger partial charge in [0.25, 0.3) is 0 Å². The van der Waals surface area contributed by atoms with Crippen LogP contribution in [-0.2, 0) is 10.1 Å². The van der Waals surface area contributed by atoms with Crippen LogP contribution in [0.15, 0.2) is 108 Å². The van der Waals surface area contributed by atoms with Gasteiger partial charge in [-0.2, -0.15) is 18.2 Å². The fourth-order valence-electron chi connectivity index (χ4n) is 3.51. The van der Waals surface area contributed by atoms with E-state index in [9.17, 15) is 8.42 Å². The van der Waals surface area contributed by atoms with Gasteiger partial charge in [-0.05, 0) is 35.7 Å². The summed E-state index contributed by atoms with van der Waals surface area (Å²) in [6, 6.07) is 30.4. The first kappa shape index (κ1) is 20.3. The van der Waals surface area contributed by atoms with Gasteiger partial charge >= 0.3 is 10.1 Å². The number of aromatic nitrogens is 2. The molecule has 5 aromatic rings. The Bertz CT molecular complexity index is 1510.